The van der Waals surface area contributed by atoms with Crippen LogP contribution in [0.15, 0.2) is 42.5 Å². The van der Waals surface area contributed by atoms with Crippen molar-refractivity contribution in [2.75, 3.05) is 79.3 Å². The van der Waals surface area contributed by atoms with E-state index in [4.69, 9.17) is 21.7 Å². The van der Waals surface area contributed by atoms with Crippen LogP contribution in [-0.2, 0) is 35.1 Å². The van der Waals surface area contributed by atoms with Crippen LogP contribution in [-0.4, -0.2) is 141 Å². The van der Waals surface area contributed by atoms with Crippen LogP contribution < -0.4 is 26.6 Å². The Bertz CT molecular complexity index is 1560. The number of amides is 4. The zero-order valence-corrected chi connectivity index (χ0v) is 34.2. The third-order valence-corrected chi connectivity index (χ3v) is 10.7. The lowest BCUT2D eigenvalue weighted by Crippen LogP contribution is -2.54. The molecule has 6 N–H and O–H groups in total. The van der Waals surface area contributed by atoms with Crippen molar-refractivity contribution in [2.24, 2.45) is 11.8 Å². The number of thiocarbonyl (C=S) groups is 1. The summed E-state index contributed by atoms with van der Waals surface area (Å²) in [6.07, 6.45) is 0.973. The van der Waals surface area contributed by atoms with Crippen molar-refractivity contribution >= 4 is 51.7 Å². The average molecular weight is 798 g/mol. The number of nitrogens with zero attached hydrogens (tertiary/aromatic N) is 2. The van der Waals surface area contributed by atoms with E-state index in [1.165, 1.54) is 0 Å². The third kappa shape index (κ3) is 15.2. The predicted octanol–water partition coefficient (Wildman–Crippen LogP) is 1.73. The molecule has 2 aliphatic heterocycles. The van der Waals surface area contributed by atoms with Gasteiger partial charge in [-0.15, -0.1) is 0 Å². The molecule has 1 unspecified atom stereocenters. The number of nitrogens with one attached hydrogen (secondary N) is 5. The van der Waals surface area contributed by atoms with E-state index < -0.39 is 35.9 Å². The van der Waals surface area contributed by atoms with Crippen LogP contribution in [0.5, 0.6) is 0 Å². The minimum Gasteiger partial charge on any atom is -0.390 e. The second kappa shape index (κ2) is 24.0. The average Bonchev–Trinajstić information content (AvgIpc) is 3.20. The summed E-state index contributed by atoms with van der Waals surface area (Å²) < 4.78 is 10.8. The highest BCUT2D eigenvalue weighted by Gasteiger charge is 2.32. The fraction of sp³-hybridized carbons (Fsp3) is 0.634. The van der Waals surface area contributed by atoms with Crippen molar-refractivity contribution in [3.8, 4) is 0 Å². The number of benzene rings is 2. The SMILES string of the molecule is CNC(=S)NCCCC[C@H](NC(=O)C(CC(=O)N1CCOCC1)Cc1cccc2ccccc12)C(=O)N[C@@H](CC(C)C)[C@@H](O)CC(=O)NCCN1CCOCC1. The van der Waals surface area contributed by atoms with Gasteiger partial charge in [-0.25, -0.2) is 0 Å². The number of aliphatic hydroxyl groups is 1. The topological polar surface area (TPSA) is 174 Å². The molecule has 2 aromatic carbocycles. The molecule has 0 spiro atoms. The van der Waals surface area contributed by atoms with Gasteiger partial charge in [0.1, 0.15) is 6.04 Å². The van der Waals surface area contributed by atoms with Gasteiger partial charge >= 0.3 is 0 Å². The highest BCUT2D eigenvalue weighted by Crippen LogP contribution is 2.24. The summed E-state index contributed by atoms with van der Waals surface area (Å²) in [7, 11) is 1.74. The molecule has 4 rings (SSSR count). The first kappa shape index (κ1) is 44.8. The number of rotatable bonds is 21. The zero-order chi connectivity index (χ0) is 40.3. The number of carbonyl (C=O) groups is 4. The Morgan fingerprint density at radius 3 is 2.25 bits per heavy atom. The maximum atomic E-state index is 14.4. The Balaban J connectivity index is 1.49. The maximum absolute atomic E-state index is 14.4. The number of carbonyl (C=O) groups excluding carboxylic acids is 4. The van der Waals surface area contributed by atoms with Gasteiger partial charge in [0.25, 0.3) is 0 Å². The maximum Gasteiger partial charge on any atom is 0.242 e. The van der Waals surface area contributed by atoms with E-state index in [9.17, 15) is 24.3 Å². The van der Waals surface area contributed by atoms with Crippen LogP contribution in [0, 0.1) is 11.8 Å². The molecule has 56 heavy (non-hydrogen) atoms. The van der Waals surface area contributed by atoms with E-state index in [-0.39, 0.29) is 30.6 Å². The van der Waals surface area contributed by atoms with E-state index >= 15 is 0 Å². The first-order valence-corrected chi connectivity index (χ1v) is 20.6. The van der Waals surface area contributed by atoms with Crippen LogP contribution in [0.4, 0.5) is 0 Å². The monoisotopic (exact) mass is 797 g/mol. The second-order valence-corrected chi connectivity index (χ2v) is 15.5. The van der Waals surface area contributed by atoms with Crippen molar-refractivity contribution in [1.29, 1.82) is 0 Å². The van der Waals surface area contributed by atoms with Gasteiger partial charge in [0.2, 0.25) is 23.6 Å². The summed E-state index contributed by atoms with van der Waals surface area (Å²) in [6.45, 7) is 10.5. The first-order chi connectivity index (χ1) is 27.0. The predicted molar refractivity (Wildman–Crippen MR) is 221 cm³/mol. The van der Waals surface area contributed by atoms with Crippen molar-refractivity contribution < 1.29 is 33.8 Å². The van der Waals surface area contributed by atoms with Crippen molar-refractivity contribution in [1.82, 2.24) is 36.4 Å². The molecule has 14 nitrogen and oxygen atoms in total. The molecule has 15 heteroatoms. The lowest BCUT2D eigenvalue weighted by Gasteiger charge is -2.30. The number of hydrogen-bond acceptors (Lipinski definition) is 9. The molecular formula is C41H63N7O7S. The van der Waals surface area contributed by atoms with Gasteiger partial charge in [-0.3, -0.25) is 24.1 Å². The van der Waals surface area contributed by atoms with Crippen LogP contribution in [0.2, 0.25) is 0 Å². The summed E-state index contributed by atoms with van der Waals surface area (Å²) in [5, 5.41) is 28.8. The Morgan fingerprint density at radius 2 is 1.54 bits per heavy atom. The summed E-state index contributed by atoms with van der Waals surface area (Å²) in [5.41, 5.74) is 0.939. The normalized spacial score (nSPS) is 17.1. The molecule has 0 aromatic heterocycles. The highest BCUT2D eigenvalue weighted by molar-refractivity contribution is 7.80. The number of fused-ring (bicyclic) bond motifs is 1. The molecule has 0 radical (unpaired) electrons. The molecule has 310 valence electrons. The first-order valence-electron chi connectivity index (χ1n) is 20.2. The lowest BCUT2D eigenvalue weighted by molar-refractivity contribution is -0.140. The van der Waals surface area contributed by atoms with E-state index in [0.29, 0.717) is 96.4 Å². The standard InChI is InChI=1S/C41H63N7O7S/c1-29(2)25-35(36(49)28-37(50)43-15-16-47-17-21-54-22-18-47)46-40(53)34(13-6-7-14-44-41(56)42-3)45-39(52)32(27-38(51)48-19-23-55-24-20-48)26-31-11-8-10-30-9-4-5-12-33(30)31/h4-5,8-12,29,32,34-36,49H,6-7,13-28H2,1-3H3,(H,43,50)(H,45,52)(H,46,53)(H2,42,44,56)/t32?,34-,35-,36-/m0/s1. The Morgan fingerprint density at radius 1 is 0.839 bits per heavy atom. The van der Waals surface area contributed by atoms with Gasteiger partial charge in [0.05, 0.1) is 50.9 Å². The molecule has 4 atom stereocenters. The van der Waals surface area contributed by atoms with Gasteiger partial charge in [-0.2, -0.15) is 0 Å². The molecule has 2 heterocycles. The second-order valence-electron chi connectivity index (χ2n) is 15.1. The van der Waals surface area contributed by atoms with Crippen molar-refractivity contribution in [3.63, 3.8) is 0 Å². The molecule has 2 saturated heterocycles. The van der Waals surface area contributed by atoms with Crippen LogP contribution in [0.25, 0.3) is 10.8 Å². The smallest absolute Gasteiger partial charge is 0.242 e. The van der Waals surface area contributed by atoms with Crippen molar-refractivity contribution in [3.05, 3.63) is 48.0 Å². The quantitative estimate of drug-likeness (QED) is 0.0803. The summed E-state index contributed by atoms with van der Waals surface area (Å²) in [4.78, 5) is 58.9. The fourth-order valence-electron chi connectivity index (χ4n) is 7.15. The number of unbranched alkanes of at least 4 members (excludes halogenated alkanes) is 1. The van der Waals surface area contributed by atoms with E-state index in [0.717, 1.165) is 29.4 Å². The minimum atomic E-state index is -1.14. The number of morpholine rings is 2. The van der Waals surface area contributed by atoms with Crippen molar-refractivity contribution in [2.45, 2.75) is 77.0 Å². The molecule has 2 aliphatic rings. The van der Waals surface area contributed by atoms with Gasteiger partial charge in [-0.1, -0.05) is 56.3 Å². The zero-order valence-electron chi connectivity index (χ0n) is 33.4. The Kier molecular flexibility index (Phi) is 19.2. The Labute approximate surface area is 337 Å². The van der Waals surface area contributed by atoms with Gasteiger partial charge in [-0.05, 0) is 66.6 Å². The third-order valence-electron chi connectivity index (χ3n) is 10.3. The molecule has 2 aromatic rings. The number of ether oxygens (including phenoxy) is 2. The van der Waals surface area contributed by atoms with E-state index in [1.54, 1.807) is 11.9 Å². The summed E-state index contributed by atoms with van der Waals surface area (Å²) in [5.74, 6) is -1.92. The van der Waals surface area contributed by atoms with Crippen LogP contribution in [0.3, 0.4) is 0 Å². The summed E-state index contributed by atoms with van der Waals surface area (Å²) in [6, 6.07) is 12.2. The molecule has 2 fully saturated rings. The minimum absolute atomic E-state index is 0.0237. The molecule has 0 saturated carbocycles. The Hall–Kier alpha value is -3.89. The molecule has 4 amide bonds. The molecule has 0 bridgehead atoms. The van der Waals surface area contributed by atoms with Crippen LogP contribution in [0.1, 0.15) is 57.9 Å². The molecule has 0 aliphatic carbocycles. The lowest BCUT2D eigenvalue weighted by atomic mass is 9.91. The largest absolute Gasteiger partial charge is 0.390 e. The van der Waals surface area contributed by atoms with Gasteiger partial charge in [0, 0.05) is 59.3 Å². The van der Waals surface area contributed by atoms with Crippen LogP contribution >= 0.6 is 12.2 Å². The highest BCUT2D eigenvalue weighted by atomic mass is 32.1. The van der Waals surface area contributed by atoms with E-state index in [2.05, 4.69) is 31.5 Å². The van der Waals surface area contributed by atoms with Gasteiger partial charge in [0.15, 0.2) is 5.11 Å². The number of hydrogen-bond donors (Lipinski definition) is 6. The number of aliphatic hydroxyl groups excluding tert-OH is 1. The summed E-state index contributed by atoms with van der Waals surface area (Å²) >= 11 is 5.20. The van der Waals surface area contributed by atoms with Gasteiger partial charge < -0.3 is 46.1 Å². The van der Waals surface area contributed by atoms with E-state index in [1.807, 2.05) is 56.3 Å². The molecular weight excluding hydrogens is 735 g/mol. The fourth-order valence-corrected chi connectivity index (χ4v) is 7.26.